The van der Waals surface area contributed by atoms with Crippen molar-refractivity contribution in [1.29, 1.82) is 0 Å². The van der Waals surface area contributed by atoms with Crippen molar-refractivity contribution in [3.05, 3.63) is 0 Å². The van der Waals surface area contributed by atoms with Crippen LogP contribution in [-0.4, -0.2) is 355 Å². The Morgan fingerprint density at radius 3 is 0.939 bits per heavy atom. The predicted octanol–water partition coefficient (Wildman–Crippen LogP) is 10.6. The third-order valence-electron chi connectivity index (χ3n) is 21.0. The number of ether oxygens (including phenoxy) is 2. The second kappa shape index (κ2) is 42.5. The van der Waals surface area contributed by atoms with Gasteiger partial charge in [0.1, 0.15) is 0 Å². The van der Waals surface area contributed by atoms with E-state index in [0.717, 1.165) is 104 Å². The number of rotatable bonds is 8. The van der Waals surface area contributed by atoms with Crippen LogP contribution in [0.2, 0.25) is 0 Å². The Morgan fingerprint density at radius 1 is 0.357 bits per heavy atom. The zero-order chi connectivity index (χ0) is 75.6. The summed E-state index contributed by atoms with van der Waals surface area (Å²) >= 11 is 0. The van der Waals surface area contributed by atoms with Gasteiger partial charge in [-0.05, 0) is 191 Å². The van der Waals surface area contributed by atoms with Gasteiger partial charge in [-0.2, -0.15) is 4.31 Å². The first kappa shape index (κ1) is 93.5. The summed E-state index contributed by atoms with van der Waals surface area (Å²) in [5.41, 5.74) is 1.79. The fourth-order valence-electron chi connectivity index (χ4n) is 13.6. The number of nitrogens with zero attached hydrogens (tertiary/aromatic N) is 14. The Labute approximate surface area is 605 Å². The van der Waals surface area contributed by atoms with E-state index in [0.29, 0.717) is 29.8 Å². The fraction of sp³-hybridized carbons (Fsp3) is 0.961. The van der Waals surface area contributed by atoms with Gasteiger partial charge >= 0.3 is 12.2 Å². The maximum atomic E-state index is 11.6. The molecule has 0 aromatic carbocycles. The van der Waals surface area contributed by atoms with Crippen molar-refractivity contribution in [1.82, 2.24) is 68.0 Å². The third kappa shape index (κ3) is 34.0. The Hall–Kier alpha value is -2.48. The molecule has 0 aromatic rings. The number of hydrogen-bond donors (Lipinski definition) is 0. The van der Waals surface area contributed by atoms with E-state index in [1.54, 1.807) is 16.1 Å². The first-order valence-corrected chi connectivity index (χ1v) is 40.3. The average Bonchev–Trinajstić information content (AvgIpc) is 0.821. The second-order valence-electron chi connectivity index (χ2n) is 34.9. The summed E-state index contributed by atoms with van der Waals surface area (Å²) in [7, 11) is -1.60. The van der Waals surface area contributed by atoms with Crippen molar-refractivity contribution in [2.45, 2.75) is 277 Å². The van der Waals surface area contributed by atoms with Gasteiger partial charge in [0.25, 0.3) is 0 Å². The summed E-state index contributed by atoms with van der Waals surface area (Å²) in [5, 5.41) is 0. The molecule has 98 heavy (non-hydrogen) atoms. The van der Waals surface area contributed by atoms with E-state index >= 15 is 0 Å². The molecule has 3 unspecified atom stereocenters. The summed E-state index contributed by atoms with van der Waals surface area (Å²) in [6.45, 7) is 93.7. The highest BCUT2D eigenvalue weighted by atomic mass is 32.2. The van der Waals surface area contributed by atoms with Gasteiger partial charge in [-0.1, -0.05) is 41.5 Å². The number of hydrogen-bond acceptors (Lipinski definition) is 17. The molecule has 0 spiro atoms. The van der Waals surface area contributed by atoms with Crippen LogP contribution in [0.4, 0.5) is 9.59 Å². The summed E-state index contributed by atoms with van der Waals surface area (Å²) in [4.78, 5) is 64.6. The van der Waals surface area contributed by atoms with Gasteiger partial charge in [-0.3, -0.25) is 44.0 Å². The topological polar surface area (TPSA) is 149 Å². The summed E-state index contributed by atoms with van der Waals surface area (Å²) in [5.74, 6) is 0.202. The lowest BCUT2D eigenvalue weighted by Gasteiger charge is -2.46. The molecule has 0 N–H and O–H groups in total. The first-order valence-electron chi connectivity index (χ1n) is 38.4. The van der Waals surface area contributed by atoms with Crippen LogP contribution in [0.5, 0.6) is 0 Å². The van der Waals surface area contributed by atoms with E-state index in [4.69, 9.17) is 9.47 Å². The molecule has 7 aliphatic heterocycles. The molecule has 582 valence electrons. The third-order valence-corrected chi connectivity index (χ3v) is 22.3. The maximum absolute atomic E-state index is 11.6. The molecule has 0 aromatic heterocycles. The van der Waals surface area contributed by atoms with Crippen molar-refractivity contribution >= 4 is 28.1 Å². The minimum Gasteiger partial charge on any atom is -0.453 e. The molecular formula is C76H160N14O7S. The van der Waals surface area contributed by atoms with Crippen molar-refractivity contribution < 1.29 is 32.3 Å². The minimum atomic E-state index is -3.05. The van der Waals surface area contributed by atoms with Gasteiger partial charge in [0, 0.05) is 227 Å². The largest absolute Gasteiger partial charge is 0.453 e. The van der Waals surface area contributed by atoms with E-state index in [1.807, 2.05) is 16.7 Å². The minimum absolute atomic E-state index is 0.122. The Balaban J connectivity index is 0.000000573. The lowest BCUT2D eigenvalue weighted by atomic mass is 10.0. The molecule has 7 fully saturated rings. The van der Waals surface area contributed by atoms with E-state index in [9.17, 15) is 22.8 Å². The van der Waals surface area contributed by atoms with E-state index in [1.165, 1.54) is 111 Å². The van der Waals surface area contributed by atoms with Gasteiger partial charge in [0.2, 0.25) is 15.9 Å². The van der Waals surface area contributed by atoms with E-state index < -0.39 is 10.0 Å². The summed E-state index contributed by atoms with van der Waals surface area (Å²) in [6.07, 6.45) is 4.07. The van der Waals surface area contributed by atoms with Gasteiger partial charge in [-0.25, -0.2) is 18.0 Å². The molecule has 0 bridgehead atoms. The zero-order valence-corrected chi connectivity index (χ0v) is 70.7. The molecule has 22 heteroatoms. The van der Waals surface area contributed by atoms with Crippen molar-refractivity contribution in [2.24, 2.45) is 0 Å². The van der Waals surface area contributed by atoms with Crippen LogP contribution in [0, 0.1) is 0 Å². The number of piperazine rings is 7. The number of sulfonamides is 1. The van der Waals surface area contributed by atoms with Gasteiger partial charge in [0.05, 0.1) is 20.0 Å². The van der Waals surface area contributed by atoms with Crippen LogP contribution in [0.25, 0.3) is 0 Å². The highest BCUT2D eigenvalue weighted by Crippen LogP contribution is 2.26. The molecule has 0 radical (unpaired) electrons. The normalized spacial score (nSPS) is 23.1. The Morgan fingerprint density at radius 2 is 0.653 bits per heavy atom. The van der Waals surface area contributed by atoms with Gasteiger partial charge in [-0.15, -0.1) is 0 Å². The Bertz CT molecular complexity index is 2270. The molecule has 7 saturated heterocycles. The van der Waals surface area contributed by atoms with Crippen LogP contribution < -0.4 is 0 Å². The monoisotopic (exact) mass is 1410 g/mol. The number of carbonyl (C=O) groups excluding carboxylic acids is 3. The van der Waals surface area contributed by atoms with Crippen LogP contribution in [0.15, 0.2) is 0 Å². The van der Waals surface area contributed by atoms with Crippen molar-refractivity contribution in [3.8, 4) is 0 Å². The summed E-state index contributed by atoms with van der Waals surface area (Å²) in [6, 6.07) is 1.18. The smallest absolute Gasteiger partial charge is 0.409 e. The summed E-state index contributed by atoms with van der Waals surface area (Å²) < 4.78 is 34.7. The van der Waals surface area contributed by atoms with E-state index in [2.05, 4.69) is 236 Å². The molecule has 7 aliphatic rings. The Kier molecular flexibility index (Phi) is 40.5. The van der Waals surface area contributed by atoms with Crippen molar-refractivity contribution in [3.63, 3.8) is 0 Å². The van der Waals surface area contributed by atoms with Crippen LogP contribution >= 0.6 is 0 Å². The zero-order valence-electron chi connectivity index (χ0n) is 69.9. The van der Waals surface area contributed by atoms with E-state index in [-0.39, 0.29) is 52.3 Å². The number of methoxy groups -OCH3 is 1. The van der Waals surface area contributed by atoms with Crippen LogP contribution in [0.1, 0.15) is 220 Å². The highest BCUT2D eigenvalue weighted by molar-refractivity contribution is 7.88. The van der Waals surface area contributed by atoms with Gasteiger partial charge < -0.3 is 34.0 Å². The molecule has 0 aliphatic carbocycles. The molecular weight excluding hydrogens is 1250 g/mol. The standard InChI is InChI=1S/C12H24N2O2.C12H26N2.C11H24N2O2S.C11H22N2O2.C10H20N2O.2C10H22N2/c1-6-10-9-13(12(2,3)4)7-8-14(10)11(15)16-5;1-6-11-10-14(12(3,4)5)9-8-13(11)7-2;1-6-10-9-12(11(2,3)4)7-8-13(10)16(5,14)15;1-5-15-10(14)12-6-8-13(9-7-12)11(2,3)4;1-9(13)11-5-7-12(8-6-11)10(2,3)4;2*1-5-11-6-8-12(9-7-11)10(2,3)4/h10H,6-9H2,1-5H3;11H,6-10H2,1-5H3;10H,6-9H2,1-5H3;5-9H2,1-4H3;5-8H2,1-4H3;2*5-9H2,1-4H3. The van der Waals surface area contributed by atoms with Crippen LogP contribution in [0.3, 0.4) is 0 Å². The highest BCUT2D eigenvalue weighted by Gasteiger charge is 2.38. The molecule has 21 nitrogen and oxygen atoms in total. The molecule has 7 heterocycles. The fourth-order valence-corrected chi connectivity index (χ4v) is 14.8. The van der Waals surface area contributed by atoms with Gasteiger partial charge in [0.15, 0.2) is 0 Å². The van der Waals surface area contributed by atoms with Crippen molar-refractivity contribution in [2.75, 3.05) is 203 Å². The van der Waals surface area contributed by atoms with Crippen LogP contribution in [-0.2, 0) is 24.3 Å². The number of likely N-dealkylation sites (N-methyl/N-ethyl adjacent to an activating group) is 3. The molecule has 3 atom stereocenters. The number of carbonyl (C=O) groups is 3. The lowest BCUT2D eigenvalue weighted by Crippen LogP contribution is -2.59. The second-order valence-corrected chi connectivity index (χ2v) is 36.8. The first-order chi connectivity index (χ1) is 45.0. The quantitative estimate of drug-likeness (QED) is 0.227. The molecule has 3 amide bonds. The molecule has 7 rings (SSSR count). The SMILES string of the molecule is CC(=O)N1CCN(C(C)(C)C)CC1.CCC1CN(C(C)(C)C)CCN1C(=O)OC.CCC1CN(C(C)(C)C)CCN1CC.CCC1CN(C(C)(C)C)CCN1S(C)(=O)=O.CCN1CCN(C(C)(C)C)CC1.CCN1CCN(C(C)(C)C)CC1.CCOC(=O)N1CCN(C(C)(C)C)CC1. The maximum Gasteiger partial charge on any atom is 0.409 e. The average molecular weight is 1410 g/mol. The molecule has 0 saturated carbocycles. The number of amides is 3. The lowest BCUT2D eigenvalue weighted by molar-refractivity contribution is -0.131. The predicted molar refractivity (Wildman–Crippen MR) is 415 cm³/mol.